The summed E-state index contributed by atoms with van der Waals surface area (Å²) in [5, 5.41) is 6.39. The van der Waals surface area contributed by atoms with Gasteiger partial charge in [0.15, 0.2) is 0 Å². The lowest BCUT2D eigenvalue weighted by Gasteiger charge is -2.08. The summed E-state index contributed by atoms with van der Waals surface area (Å²) in [4.78, 5) is 9.87. The predicted molar refractivity (Wildman–Crippen MR) is 96.2 cm³/mol. The van der Waals surface area contributed by atoms with E-state index in [1.807, 2.05) is 26.2 Å². The molecular weight excluding hydrogens is 278 g/mol. The Morgan fingerprint density at radius 2 is 2.05 bits per heavy atom. The second-order valence-corrected chi connectivity index (χ2v) is 6.44. The number of benzene rings is 1. The molecule has 0 aliphatic carbocycles. The summed E-state index contributed by atoms with van der Waals surface area (Å²) in [7, 11) is 1.87. The highest BCUT2D eigenvalue weighted by Gasteiger charge is 2.05. The van der Waals surface area contributed by atoms with Gasteiger partial charge in [0.05, 0.1) is 5.04 Å². The van der Waals surface area contributed by atoms with Gasteiger partial charge in [-0.15, -0.1) is 0 Å². The highest BCUT2D eigenvalue weighted by atomic mass is 32.2. The molecule has 0 spiro atoms. The Morgan fingerprint density at radius 3 is 2.71 bits per heavy atom. The molecule has 110 valence electrons. The van der Waals surface area contributed by atoms with Crippen LogP contribution in [0.4, 0.5) is 5.82 Å². The van der Waals surface area contributed by atoms with Crippen molar-refractivity contribution in [3.8, 4) is 0 Å². The fourth-order valence-corrected chi connectivity index (χ4v) is 2.94. The van der Waals surface area contributed by atoms with Crippen molar-refractivity contribution in [3.63, 3.8) is 0 Å². The topological polar surface area (TPSA) is 37.3 Å². The molecule has 2 rings (SSSR count). The molecule has 21 heavy (non-hydrogen) atoms. The van der Waals surface area contributed by atoms with E-state index in [1.165, 1.54) is 0 Å². The third-order valence-electron chi connectivity index (χ3n) is 3.01. The number of hydrogen-bond acceptors (Lipinski definition) is 4. The highest BCUT2D eigenvalue weighted by Crippen LogP contribution is 2.29. The molecule has 0 saturated heterocycles. The minimum Gasteiger partial charge on any atom is -0.373 e. The summed E-state index contributed by atoms with van der Waals surface area (Å²) in [6.45, 7) is 10.4. The number of thioether (sulfide) groups is 1. The number of aliphatic imine (C=N–C) groups is 1. The van der Waals surface area contributed by atoms with Crippen LogP contribution in [0.5, 0.6) is 0 Å². The van der Waals surface area contributed by atoms with Gasteiger partial charge >= 0.3 is 0 Å². The largest absolute Gasteiger partial charge is 0.373 e. The second kappa shape index (κ2) is 6.76. The Bertz CT molecular complexity index is 689. The van der Waals surface area contributed by atoms with Crippen molar-refractivity contribution < 1.29 is 0 Å². The molecule has 0 aliphatic heterocycles. The summed E-state index contributed by atoms with van der Waals surface area (Å²) in [6.07, 6.45) is 1.88. The Kier molecular flexibility index (Phi) is 5.02. The molecule has 0 saturated carbocycles. The molecule has 3 nitrogen and oxygen atoms in total. The van der Waals surface area contributed by atoms with E-state index >= 15 is 0 Å². The molecule has 1 aromatic heterocycles. The third-order valence-corrected chi connectivity index (χ3v) is 3.89. The van der Waals surface area contributed by atoms with Gasteiger partial charge in [-0.3, -0.25) is 4.99 Å². The van der Waals surface area contributed by atoms with E-state index in [1.54, 1.807) is 11.8 Å². The molecule has 0 bridgehead atoms. The lowest BCUT2D eigenvalue weighted by molar-refractivity contribution is 0.839. The van der Waals surface area contributed by atoms with E-state index in [9.17, 15) is 0 Å². The van der Waals surface area contributed by atoms with Gasteiger partial charge in [0, 0.05) is 29.6 Å². The summed E-state index contributed by atoms with van der Waals surface area (Å²) in [6, 6.07) is 8.67. The zero-order valence-electron chi connectivity index (χ0n) is 13.0. The SMILES string of the molecule is C=C(S/C(C)=N\C(C)C)c1ccc2cnc(NC)cc2c1. The maximum absolute atomic E-state index is 4.53. The highest BCUT2D eigenvalue weighted by molar-refractivity contribution is 8.21. The minimum absolute atomic E-state index is 0.311. The average Bonchev–Trinajstić information content (AvgIpc) is 2.45. The van der Waals surface area contributed by atoms with Crippen LogP contribution in [0.2, 0.25) is 0 Å². The van der Waals surface area contributed by atoms with Crippen LogP contribution < -0.4 is 5.32 Å². The smallest absolute Gasteiger partial charge is 0.126 e. The van der Waals surface area contributed by atoms with Gasteiger partial charge in [0.1, 0.15) is 5.82 Å². The monoisotopic (exact) mass is 299 g/mol. The van der Waals surface area contributed by atoms with Gasteiger partial charge in [-0.25, -0.2) is 4.98 Å². The van der Waals surface area contributed by atoms with Gasteiger partial charge < -0.3 is 5.32 Å². The van der Waals surface area contributed by atoms with E-state index in [0.717, 1.165) is 32.1 Å². The Hall–Kier alpha value is -1.81. The number of hydrogen-bond donors (Lipinski definition) is 1. The number of aromatic nitrogens is 1. The zero-order chi connectivity index (χ0) is 15.4. The maximum atomic E-state index is 4.53. The maximum Gasteiger partial charge on any atom is 0.126 e. The normalized spacial score (nSPS) is 12.0. The van der Waals surface area contributed by atoms with E-state index in [4.69, 9.17) is 0 Å². The van der Waals surface area contributed by atoms with Crippen molar-refractivity contribution in [2.75, 3.05) is 12.4 Å². The van der Waals surface area contributed by atoms with Crippen molar-refractivity contribution in [2.45, 2.75) is 26.8 Å². The van der Waals surface area contributed by atoms with Crippen molar-refractivity contribution in [2.24, 2.45) is 4.99 Å². The van der Waals surface area contributed by atoms with Crippen molar-refractivity contribution in [1.29, 1.82) is 0 Å². The molecule has 0 radical (unpaired) electrons. The first-order valence-corrected chi connectivity index (χ1v) is 7.80. The predicted octanol–water partition coefficient (Wildman–Crippen LogP) is 4.81. The summed E-state index contributed by atoms with van der Waals surface area (Å²) in [5.74, 6) is 0.871. The van der Waals surface area contributed by atoms with Crippen molar-refractivity contribution in [3.05, 3.63) is 42.6 Å². The van der Waals surface area contributed by atoms with Crippen LogP contribution in [-0.2, 0) is 0 Å². The van der Waals surface area contributed by atoms with E-state index in [-0.39, 0.29) is 0 Å². The van der Waals surface area contributed by atoms with Gasteiger partial charge in [0.2, 0.25) is 0 Å². The molecule has 2 aromatic rings. The Labute approximate surface area is 130 Å². The summed E-state index contributed by atoms with van der Waals surface area (Å²) in [5.41, 5.74) is 1.12. The first-order chi connectivity index (χ1) is 9.99. The van der Waals surface area contributed by atoms with Gasteiger partial charge in [-0.1, -0.05) is 30.5 Å². The van der Waals surface area contributed by atoms with Crippen LogP contribution in [-0.4, -0.2) is 23.1 Å². The molecule has 0 amide bonds. The first-order valence-electron chi connectivity index (χ1n) is 6.98. The van der Waals surface area contributed by atoms with Gasteiger partial charge in [0.25, 0.3) is 0 Å². The van der Waals surface area contributed by atoms with Gasteiger partial charge in [-0.05, 0) is 43.9 Å². The molecule has 0 atom stereocenters. The van der Waals surface area contributed by atoms with Crippen LogP contribution in [0.25, 0.3) is 15.7 Å². The van der Waals surface area contributed by atoms with Gasteiger partial charge in [-0.2, -0.15) is 0 Å². The quantitative estimate of drug-likeness (QED) is 0.650. The third kappa shape index (κ3) is 4.08. The van der Waals surface area contributed by atoms with E-state index in [2.05, 4.69) is 53.9 Å². The first kappa shape index (κ1) is 15.6. The number of rotatable bonds is 4. The lowest BCUT2D eigenvalue weighted by Crippen LogP contribution is -1.94. The van der Waals surface area contributed by atoms with E-state index in [0.29, 0.717) is 6.04 Å². The number of fused-ring (bicyclic) bond motifs is 1. The van der Waals surface area contributed by atoms with Crippen molar-refractivity contribution >= 4 is 38.3 Å². The van der Waals surface area contributed by atoms with Crippen molar-refractivity contribution in [1.82, 2.24) is 4.98 Å². The minimum atomic E-state index is 0.311. The molecule has 1 N–H and O–H groups in total. The van der Waals surface area contributed by atoms with E-state index < -0.39 is 0 Å². The van der Waals surface area contributed by atoms with Crippen LogP contribution >= 0.6 is 11.8 Å². The Morgan fingerprint density at radius 1 is 1.29 bits per heavy atom. The fraction of sp³-hybridized carbons (Fsp3) is 0.294. The molecule has 0 aliphatic rings. The second-order valence-electron chi connectivity index (χ2n) is 5.15. The fourth-order valence-electron chi connectivity index (χ4n) is 2.08. The number of nitrogens with zero attached hydrogens (tertiary/aromatic N) is 2. The lowest BCUT2D eigenvalue weighted by atomic mass is 10.1. The molecule has 1 heterocycles. The average molecular weight is 299 g/mol. The van der Waals surface area contributed by atoms with Crippen LogP contribution in [0.3, 0.4) is 0 Å². The number of nitrogens with one attached hydrogen (secondary N) is 1. The molecule has 1 aromatic carbocycles. The molecular formula is C17H21N3S. The Balaban J connectivity index is 2.27. The number of pyridine rings is 1. The zero-order valence-corrected chi connectivity index (χ0v) is 13.8. The van der Waals surface area contributed by atoms with Crippen LogP contribution in [0.15, 0.2) is 42.0 Å². The van der Waals surface area contributed by atoms with Crippen LogP contribution in [0, 0.1) is 0 Å². The summed E-state index contributed by atoms with van der Waals surface area (Å²) < 4.78 is 0. The van der Waals surface area contributed by atoms with Crippen LogP contribution in [0.1, 0.15) is 26.3 Å². The number of anilines is 1. The molecule has 0 fully saturated rings. The standard InChI is InChI=1S/C17H21N3S/c1-11(2)20-13(4)21-12(3)14-6-7-15-10-19-17(18-5)9-16(15)8-14/h6-11H,3H2,1-2,4-5H3,(H,18,19)/b20-13-. The molecule has 0 unspecified atom stereocenters. The summed E-state index contributed by atoms with van der Waals surface area (Å²) >= 11 is 1.62. The molecule has 4 heteroatoms.